The van der Waals surface area contributed by atoms with Crippen molar-refractivity contribution in [3.63, 3.8) is 0 Å². The lowest BCUT2D eigenvalue weighted by molar-refractivity contribution is 1.12. The Hall–Kier alpha value is -9.56. The van der Waals surface area contributed by atoms with Crippen LogP contribution in [0.4, 0.5) is 0 Å². The minimum atomic E-state index is 0.563. The van der Waals surface area contributed by atoms with Gasteiger partial charge in [-0.1, -0.05) is 158 Å². The van der Waals surface area contributed by atoms with Crippen LogP contribution in [0.15, 0.2) is 231 Å². The second-order valence-electron chi connectivity index (χ2n) is 19.6. The van der Waals surface area contributed by atoms with E-state index in [0.717, 1.165) is 99.6 Å². The van der Waals surface area contributed by atoms with Gasteiger partial charge in [0.25, 0.3) is 0 Å². The molecule has 0 aliphatic rings. The Kier molecular flexibility index (Phi) is 10.8. The Morgan fingerprint density at radius 3 is 1.01 bits per heavy atom. The highest BCUT2D eigenvalue weighted by Gasteiger charge is 2.25. The van der Waals surface area contributed by atoms with Crippen molar-refractivity contribution in [3.8, 4) is 84.3 Å². The molecule has 0 radical (unpaired) electrons. The summed E-state index contributed by atoms with van der Waals surface area (Å²) in [4.78, 5) is 5.06. The SMILES string of the molecule is Cc1ccccc1-c1ccc2c(c1)c1cc(-c3ccccc3C)ccc1n2-c1cc(-c2cccnc2-c2ccccc2)cc(-n2c3ccc(-c4ccccc4C)cc3c3cc(-c4ccccc4C)ccc32)c1C#N. The number of hydrogen-bond donors (Lipinski definition) is 0. The molecule has 13 aromatic rings. The van der Waals surface area contributed by atoms with Gasteiger partial charge >= 0.3 is 0 Å². The van der Waals surface area contributed by atoms with Crippen LogP contribution in [-0.2, 0) is 0 Å². The molecule has 3 aromatic heterocycles. The molecule has 0 saturated carbocycles. The zero-order valence-corrected chi connectivity index (χ0v) is 41.7. The van der Waals surface area contributed by atoms with E-state index in [1.165, 1.54) is 44.5 Å². The van der Waals surface area contributed by atoms with E-state index in [4.69, 9.17) is 4.98 Å². The Bertz CT molecular complexity index is 3990. The van der Waals surface area contributed by atoms with Crippen molar-refractivity contribution in [2.45, 2.75) is 27.7 Å². The maximum absolute atomic E-state index is 12.0. The van der Waals surface area contributed by atoms with E-state index < -0.39 is 0 Å². The van der Waals surface area contributed by atoms with Crippen LogP contribution in [0.2, 0.25) is 0 Å². The molecule has 0 fully saturated rings. The molecule has 0 spiro atoms. The molecule has 0 unspecified atom stereocenters. The van der Waals surface area contributed by atoms with Gasteiger partial charge in [-0.2, -0.15) is 5.26 Å². The fourth-order valence-corrected chi connectivity index (χ4v) is 11.5. The van der Waals surface area contributed by atoms with Gasteiger partial charge in [-0.3, -0.25) is 4.98 Å². The zero-order valence-electron chi connectivity index (χ0n) is 41.7. The third-order valence-electron chi connectivity index (χ3n) is 15.2. The summed E-state index contributed by atoms with van der Waals surface area (Å²) in [5.74, 6) is 0. The summed E-state index contributed by atoms with van der Waals surface area (Å²) in [6.07, 6.45) is 1.87. The summed E-state index contributed by atoms with van der Waals surface area (Å²) in [5, 5.41) is 16.4. The van der Waals surface area contributed by atoms with Gasteiger partial charge in [0.1, 0.15) is 11.6 Å². The highest BCUT2D eigenvalue weighted by molar-refractivity contribution is 6.14. The van der Waals surface area contributed by atoms with Crippen LogP contribution in [0.3, 0.4) is 0 Å². The second kappa shape index (κ2) is 17.9. The van der Waals surface area contributed by atoms with Gasteiger partial charge in [0.05, 0.1) is 39.1 Å². The predicted molar refractivity (Wildman–Crippen MR) is 309 cm³/mol. The Labute approximate surface area is 431 Å². The number of hydrogen-bond acceptors (Lipinski definition) is 2. The van der Waals surface area contributed by atoms with Crippen molar-refractivity contribution in [2.75, 3.05) is 0 Å². The average molecular weight is 947 g/mol. The molecule has 13 rings (SSSR count). The molecule has 10 aromatic carbocycles. The molecular formula is C70H50N4. The number of aryl methyl sites for hydroxylation is 4. The van der Waals surface area contributed by atoms with Crippen LogP contribution >= 0.6 is 0 Å². The summed E-state index contributed by atoms with van der Waals surface area (Å²) < 4.78 is 4.66. The first-order chi connectivity index (χ1) is 36.3. The van der Waals surface area contributed by atoms with Gasteiger partial charge in [0.2, 0.25) is 0 Å². The zero-order chi connectivity index (χ0) is 50.0. The van der Waals surface area contributed by atoms with Crippen molar-refractivity contribution in [3.05, 3.63) is 258 Å². The Morgan fingerprint density at radius 1 is 0.324 bits per heavy atom. The number of rotatable bonds is 8. The van der Waals surface area contributed by atoms with E-state index in [1.807, 2.05) is 18.3 Å². The average Bonchev–Trinajstić information content (AvgIpc) is 3.95. The van der Waals surface area contributed by atoms with Crippen LogP contribution < -0.4 is 0 Å². The molecule has 0 saturated heterocycles. The third-order valence-corrected chi connectivity index (χ3v) is 15.2. The lowest BCUT2D eigenvalue weighted by Gasteiger charge is -2.19. The van der Waals surface area contributed by atoms with Gasteiger partial charge in [0.15, 0.2) is 0 Å². The molecule has 0 bridgehead atoms. The lowest BCUT2D eigenvalue weighted by Crippen LogP contribution is -2.05. The number of nitrogens with zero attached hydrogens (tertiary/aromatic N) is 4. The van der Waals surface area contributed by atoms with Gasteiger partial charge in [-0.25, -0.2) is 0 Å². The minimum Gasteiger partial charge on any atom is -0.308 e. The summed E-state index contributed by atoms with van der Waals surface area (Å²) in [7, 11) is 0. The predicted octanol–water partition coefficient (Wildman–Crippen LogP) is 18.4. The third kappa shape index (κ3) is 7.32. The molecule has 0 atom stereocenters. The van der Waals surface area contributed by atoms with Gasteiger partial charge in [-0.05, 0) is 167 Å². The van der Waals surface area contributed by atoms with Gasteiger partial charge < -0.3 is 9.13 Å². The van der Waals surface area contributed by atoms with E-state index in [2.05, 4.69) is 255 Å². The molecule has 4 nitrogen and oxygen atoms in total. The number of aromatic nitrogens is 3. The second-order valence-corrected chi connectivity index (χ2v) is 19.6. The largest absolute Gasteiger partial charge is 0.308 e. The van der Waals surface area contributed by atoms with Gasteiger partial charge in [0, 0.05) is 38.9 Å². The number of pyridine rings is 1. The molecule has 3 heterocycles. The van der Waals surface area contributed by atoms with Crippen molar-refractivity contribution < 1.29 is 0 Å². The summed E-state index contributed by atoms with van der Waals surface area (Å²) in [6, 6.07) is 83.5. The summed E-state index contributed by atoms with van der Waals surface area (Å²) in [5.41, 5.74) is 24.2. The maximum Gasteiger partial charge on any atom is 0.104 e. The molecule has 0 aliphatic carbocycles. The number of nitriles is 1. The number of benzene rings is 10. The van der Waals surface area contributed by atoms with Gasteiger partial charge in [-0.15, -0.1) is 0 Å². The molecule has 350 valence electrons. The first kappa shape index (κ1) is 44.4. The minimum absolute atomic E-state index is 0.563. The van der Waals surface area contributed by atoms with E-state index in [1.54, 1.807) is 0 Å². The normalized spacial score (nSPS) is 11.5. The fraction of sp³-hybridized carbons (Fsp3) is 0.0571. The number of fused-ring (bicyclic) bond motifs is 6. The van der Waals surface area contributed by atoms with Crippen molar-refractivity contribution in [2.24, 2.45) is 0 Å². The molecule has 0 N–H and O–H groups in total. The van der Waals surface area contributed by atoms with E-state index in [-0.39, 0.29) is 0 Å². The molecular weight excluding hydrogens is 897 g/mol. The van der Waals surface area contributed by atoms with Crippen molar-refractivity contribution >= 4 is 43.6 Å². The standard InChI is InChI=1S/C70H50N4/c1-44-17-8-12-23-54(44)49-28-32-64-59(37-49)60-38-50(55-24-13-9-18-45(55)2)29-33-65(60)73(64)68-41-53(58-27-16-36-72-70(58)48-21-6-5-7-22-48)42-69(63(68)43-71)74-66-34-30-51(56-25-14-10-19-46(56)3)39-61(66)62-40-52(31-35-67(62)74)57-26-15-11-20-47(57)4/h5-42H,1-4H3. The molecule has 0 amide bonds. The Morgan fingerprint density at radius 2 is 0.662 bits per heavy atom. The summed E-state index contributed by atoms with van der Waals surface area (Å²) >= 11 is 0. The smallest absolute Gasteiger partial charge is 0.104 e. The van der Waals surface area contributed by atoms with Crippen LogP contribution in [0.25, 0.3) is 122 Å². The van der Waals surface area contributed by atoms with E-state index in [9.17, 15) is 5.26 Å². The maximum atomic E-state index is 12.0. The first-order valence-corrected chi connectivity index (χ1v) is 25.3. The lowest BCUT2D eigenvalue weighted by atomic mass is 9.96. The fourth-order valence-electron chi connectivity index (χ4n) is 11.5. The van der Waals surface area contributed by atoms with Crippen LogP contribution in [-0.4, -0.2) is 14.1 Å². The molecule has 74 heavy (non-hydrogen) atoms. The van der Waals surface area contributed by atoms with E-state index >= 15 is 0 Å². The highest BCUT2D eigenvalue weighted by atomic mass is 15.0. The molecule has 4 heteroatoms. The van der Waals surface area contributed by atoms with Crippen LogP contribution in [0.1, 0.15) is 27.8 Å². The monoisotopic (exact) mass is 946 g/mol. The topological polar surface area (TPSA) is 46.5 Å². The van der Waals surface area contributed by atoms with Crippen LogP contribution in [0, 0.1) is 39.0 Å². The quantitative estimate of drug-likeness (QED) is 0.152. The van der Waals surface area contributed by atoms with Crippen molar-refractivity contribution in [1.82, 2.24) is 14.1 Å². The van der Waals surface area contributed by atoms with E-state index in [0.29, 0.717) is 5.56 Å². The highest BCUT2D eigenvalue weighted by Crippen LogP contribution is 2.45. The first-order valence-electron chi connectivity index (χ1n) is 25.3. The van der Waals surface area contributed by atoms with Crippen molar-refractivity contribution in [1.29, 1.82) is 5.26 Å². The summed E-state index contributed by atoms with van der Waals surface area (Å²) in [6.45, 7) is 8.70. The Balaban J connectivity index is 1.16. The molecule has 0 aliphatic heterocycles. The van der Waals surface area contributed by atoms with Crippen LogP contribution in [0.5, 0.6) is 0 Å².